The minimum absolute atomic E-state index is 0.0101. The van der Waals surface area contributed by atoms with E-state index in [1.807, 2.05) is 60.7 Å². The highest BCUT2D eigenvalue weighted by Crippen LogP contribution is 2.34. The number of carbonyl (C=O) groups excluding carboxylic acids is 1. The van der Waals surface area contributed by atoms with Gasteiger partial charge in [-0.1, -0.05) is 48.5 Å². The van der Waals surface area contributed by atoms with Crippen LogP contribution in [-0.2, 0) is 4.79 Å². The maximum Gasteiger partial charge on any atom is 0.228 e. The monoisotopic (exact) mass is 261 g/mol. The SMILES string of the molecule is CC(=O)N(c1ccccc1)c1cc2cccccc-2c1. The molecule has 0 aromatic heterocycles. The fourth-order valence-corrected chi connectivity index (χ4v) is 2.42. The average Bonchev–Trinajstić information content (AvgIpc) is 2.70. The van der Waals surface area contributed by atoms with Gasteiger partial charge < -0.3 is 0 Å². The second-order valence-electron chi connectivity index (χ2n) is 4.72. The Balaban J connectivity index is 2.12. The Morgan fingerprint density at radius 2 is 1.25 bits per heavy atom. The van der Waals surface area contributed by atoms with Crippen LogP contribution in [0, 0.1) is 0 Å². The molecule has 0 radical (unpaired) electrons. The quantitative estimate of drug-likeness (QED) is 0.666. The lowest BCUT2D eigenvalue weighted by molar-refractivity contribution is -0.115. The van der Waals surface area contributed by atoms with Crippen LogP contribution in [0.25, 0.3) is 11.1 Å². The summed E-state index contributed by atoms with van der Waals surface area (Å²) in [6.07, 6.45) is 0. The molecule has 20 heavy (non-hydrogen) atoms. The van der Waals surface area contributed by atoms with Crippen LogP contribution in [0.5, 0.6) is 0 Å². The standard InChI is InChI=1S/C18H15NO/c1-14(20)19(17-10-6-3-7-11-17)18-12-15-8-4-2-5-9-16(15)13-18/h2-13H,1H3. The summed E-state index contributed by atoms with van der Waals surface area (Å²) >= 11 is 0. The third-order valence-corrected chi connectivity index (χ3v) is 3.30. The second-order valence-corrected chi connectivity index (χ2v) is 4.72. The van der Waals surface area contributed by atoms with Crippen LogP contribution in [-0.4, -0.2) is 5.91 Å². The molecule has 1 aromatic carbocycles. The summed E-state index contributed by atoms with van der Waals surface area (Å²) < 4.78 is 0. The van der Waals surface area contributed by atoms with Crippen LogP contribution < -0.4 is 4.90 Å². The maximum atomic E-state index is 12.0. The Kier molecular flexibility index (Phi) is 3.21. The predicted octanol–water partition coefficient (Wildman–Crippen LogP) is 4.48. The van der Waals surface area contributed by atoms with E-state index in [2.05, 4.69) is 12.1 Å². The molecule has 2 nitrogen and oxygen atoms in total. The van der Waals surface area contributed by atoms with Crippen molar-refractivity contribution in [1.82, 2.24) is 0 Å². The van der Waals surface area contributed by atoms with Gasteiger partial charge in [0.1, 0.15) is 0 Å². The van der Waals surface area contributed by atoms with E-state index >= 15 is 0 Å². The van der Waals surface area contributed by atoms with Crippen LogP contribution >= 0.6 is 0 Å². The van der Waals surface area contributed by atoms with Gasteiger partial charge in [-0.2, -0.15) is 0 Å². The first-order valence-corrected chi connectivity index (χ1v) is 6.60. The molecule has 1 aromatic rings. The van der Waals surface area contributed by atoms with Crippen molar-refractivity contribution in [2.45, 2.75) is 6.92 Å². The number of hydrogen-bond acceptors (Lipinski definition) is 1. The van der Waals surface area contributed by atoms with Gasteiger partial charge in [-0.15, -0.1) is 0 Å². The summed E-state index contributed by atoms with van der Waals surface area (Å²) in [5.41, 5.74) is 4.06. The van der Waals surface area contributed by atoms with Crippen LogP contribution in [0.1, 0.15) is 6.92 Å². The van der Waals surface area contributed by atoms with Gasteiger partial charge in [-0.05, 0) is 35.4 Å². The normalized spacial score (nSPS) is 10.4. The Bertz CT molecular complexity index is 675. The Morgan fingerprint density at radius 3 is 1.75 bits per heavy atom. The van der Waals surface area contributed by atoms with Crippen molar-refractivity contribution in [3.05, 3.63) is 72.8 Å². The zero-order valence-corrected chi connectivity index (χ0v) is 11.3. The topological polar surface area (TPSA) is 20.3 Å². The van der Waals surface area contributed by atoms with E-state index in [0.29, 0.717) is 0 Å². The summed E-state index contributed by atoms with van der Waals surface area (Å²) in [6.45, 7) is 1.59. The van der Waals surface area contributed by atoms with E-state index in [0.717, 1.165) is 22.5 Å². The minimum atomic E-state index is 0.0101. The Labute approximate surface area is 118 Å². The van der Waals surface area contributed by atoms with Gasteiger partial charge in [-0.25, -0.2) is 0 Å². The lowest BCUT2D eigenvalue weighted by Gasteiger charge is -2.19. The Morgan fingerprint density at radius 1 is 0.750 bits per heavy atom. The molecular formula is C18H15NO. The van der Waals surface area contributed by atoms with Gasteiger partial charge in [0.05, 0.1) is 5.69 Å². The van der Waals surface area contributed by atoms with Crippen LogP contribution in [0.3, 0.4) is 0 Å². The van der Waals surface area contributed by atoms with Crippen LogP contribution in [0.2, 0.25) is 0 Å². The smallest absolute Gasteiger partial charge is 0.228 e. The lowest BCUT2D eigenvalue weighted by Crippen LogP contribution is -2.21. The molecule has 3 rings (SSSR count). The first kappa shape index (κ1) is 12.4. The number of hydrogen-bond donors (Lipinski definition) is 0. The molecule has 0 aliphatic heterocycles. The molecule has 0 N–H and O–H groups in total. The molecule has 2 heteroatoms. The zero-order valence-electron chi connectivity index (χ0n) is 11.3. The number of amides is 1. The first-order chi connectivity index (χ1) is 9.75. The molecule has 2 aliphatic rings. The lowest BCUT2D eigenvalue weighted by atomic mass is 10.2. The van der Waals surface area contributed by atoms with E-state index < -0.39 is 0 Å². The fourth-order valence-electron chi connectivity index (χ4n) is 2.42. The van der Waals surface area contributed by atoms with Crippen molar-refractivity contribution in [2.24, 2.45) is 0 Å². The molecular weight excluding hydrogens is 246 g/mol. The number of anilines is 2. The number of nitrogens with zero attached hydrogens (tertiary/aromatic N) is 1. The molecule has 2 aliphatic carbocycles. The summed E-state index contributed by atoms with van der Waals surface area (Å²) in [5.74, 6) is 0.0101. The number of benzene rings is 1. The molecule has 0 saturated carbocycles. The van der Waals surface area contributed by atoms with Crippen molar-refractivity contribution >= 4 is 17.3 Å². The fraction of sp³-hybridized carbons (Fsp3) is 0.0556. The molecule has 98 valence electrons. The average molecular weight is 261 g/mol. The summed E-state index contributed by atoms with van der Waals surface area (Å²) in [6, 6.07) is 23.9. The van der Waals surface area contributed by atoms with Gasteiger partial charge in [0.2, 0.25) is 5.91 Å². The molecule has 0 atom stereocenters. The van der Waals surface area contributed by atoms with Crippen LogP contribution in [0.15, 0.2) is 72.8 Å². The highest BCUT2D eigenvalue weighted by molar-refractivity contribution is 6.00. The molecule has 0 fully saturated rings. The molecule has 0 bridgehead atoms. The third kappa shape index (κ3) is 2.28. The molecule has 0 unspecified atom stereocenters. The van der Waals surface area contributed by atoms with E-state index in [1.165, 1.54) is 0 Å². The highest BCUT2D eigenvalue weighted by Gasteiger charge is 2.16. The summed E-state index contributed by atoms with van der Waals surface area (Å²) in [7, 11) is 0. The van der Waals surface area contributed by atoms with E-state index in [1.54, 1.807) is 11.8 Å². The van der Waals surface area contributed by atoms with Crippen LogP contribution in [0.4, 0.5) is 11.4 Å². The molecule has 0 saturated heterocycles. The molecule has 0 spiro atoms. The summed E-state index contributed by atoms with van der Waals surface area (Å²) in [4.78, 5) is 13.7. The van der Waals surface area contributed by atoms with Crippen molar-refractivity contribution < 1.29 is 4.79 Å². The van der Waals surface area contributed by atoms with Crippen molar-refractivity contribution in [2.75, 3.05) is 4.90 Å². The van der Waals surface area contributed by atoms with Crippen molar-refractivity contribution in [3.63, 3.8) is 0 Å². The van der Waals surface area contributed by atoms with E-state index in [-0.39, 0.29) is 5.91 Å². The summed E-state index contributed by atoms with van der Waals surface area (Å²) in [5, 5.41) is 0. The maximum absolute atomic E-state index is 12.0. The number of fused-ring (bicyclic) bond motifs is 1. The first-order valence-electron chi connectivity index (χ1n) is 6.60. The van der Waals surface area contributed by atoms with E-state index in [9.17, 15) is 4.79 Å². The highest BCUT2D eigenvalue weighted by atomic mass is 16.2. The largest absolute Gasteiger partial charge is 0.281 e. The van der Waals surface area contributed by atoms with Crippen molar-refractivity contribution in [1.29, 1.82) is 0 Å². The van der Waals surface area contributed by atoms with Gasteiger partial charge in [0, 0.05) is 12.6 Å². The second kappa shape index (κ2) is 5.17. The van der Waals surface area contributed by atoms with Gasteiger partial charge in [-0.3, -0.25) is 9.69 Å². The number of para-hydroxylation sites is 1. The number of carbonyl (C=O) groups is 1. The van der Waals surface area contributed by atoms with Gasteiger partial charge in [0.15, 0.2) is 0 Å². The minimum Gasteiger partial charge on any atom is -0.281 e. The number of rotatable bonds is 2. The predicted molar refractivity (Wildman–Crippen MR) is 82.3 cm³/mol. The molecule has 1 amide bonds. The third-order valence-electron chi connectivity index (χ3n) is 3.30. The van der Waals surface area contributed by atoms with Gasteiger partial charge >= 0.3 is 0 Å². The van der Waals surface area contributed by atoms with Crippen molar-refractivity contribution in [3.8, 4) is 11.1 Å². The molecule has 0 heterocycles. The zero-order chi connectivity index (χ0) is 13.9. The van der Waals surface area contributed by atoms with Gasteiger partial charge in [0.25, 0.3) is 0 Å². The Hall–Kier alpha value is -2.61. The van der Waals surface area contributed by atoms with E-state index in [4.69, 9.17) is 0 Å².